The largest absolute Gasteiger partial charge is 0.507 e. The van der Waals surface area contributed by atoms with Crippen molar-refractivity contribution in [2.24, 2.45) is 0 Å². The van der Waals surface area contributed by atoms with E-state index >= 15 is 0 Å². The summed E-state index contributed by atoms with van der Waals surface area (Å²) in [5.74, 6) is -1.62. The molecule has 2 aromatic rings. The van der Waals surface area contributed by atoms with Crippen molar-refractivity contribution in [2.75, 3.05) is 4.72 Å². The van der Waals surface area contributed by atoms with Gasteiger partial charge in [0.05, 0.1) is 4.90 Å². The Morgan fingerprint density at radius 2 is 1.77 bits per heavy atom. The monoisotopic (exact) mass is 343 g/mol. The third kappa shape index (κ3) is 3.41. The van der Waals surface area contributed by atoms with Gasteiger partial charge in [-0.2, -0.15) is 0 Å². The van der Waals surface area contributed by atoms with E-state index in [9.17, 15) is 18.3 Å². The predicted octanol–water partition coefficient (Wildman–Crippen LogP) is 2.42. The van der Waals surface area contributed by atoms with Crippen LogP contribution in [-0.4, -0.2) is 24.6 Å². The summed E-state index contributed by atoms with van der Waals surface area (Å²) in [5, 5.41) is 18.3. The number of aromatic hydroxyl groups is 1. The van der Waals surface area contributed by atoms with E-state index in [1.807, 2.05) is 0 Å². The van der Waals surface area contributed by atoms with Crippen molar-refractivity contribution in [1.29, 1.82) is 0 Å². The predicted molar refractivity (Wildman–Crippen MR) is 78.8 cm³/mol. The summed E-state index contributed by atoms with van der Waals surface area (Å²) < 4.78 is 31.1. The molecule has 9 heteroatoms. The first-order valence-corrected chi connectivity index (χ1v) is 7.60. The van der Waals surface area contributed by atoms with E-state index in [0.29, 0.717) is 5.75 Å². The first kappa shape index (κ1) is 15.9. The maximum atomic E-state index is 12.2. The molecule has 0 saturated carbocycles. The quantitative estimate of drug-likeness (QED) is 0.768. The first-order chi connectivity index (χ1) is 10.3. The lowest BCUT2D eigenvalue weighted by Crippen LogP contribution is -2.13. The smallest absolute Gasteiger partial charge is 0.339 e. The number of rotatable bonds is 5. The minimum atomic E-state index is -4.00. The van der Waals surface area contributed by atoms with Gasteiger partial charge < -0.3 is 14.5 Å². The number of nitrogens with one attached hydrogen (secondary N) is 1. The summed E-state index contributed by atoms with van der Waals surface area (Å²) in [5.41, 5.74) is -0.267. The Morgan fingerprint density at radius 3 is 2.32 bits per heavy atom. The highest BCUT2D eigenvalue weighted by molar-refractivity contribution is 7.92. The fraction of sp³-hybridized carbons (Fsp3) is 0. The zero-order valence-corrected chi connectivity index (χ0v) is 12.4. The Balaban J connectivity index is 2.33. The molecule has 0 heterocycles. The van der Waals surface area contributed by atoms with Gasteiger partial charge in [-0.25, -0.2) is 13.2 Å². The molecule has 0 radical (unpaired) electrons. The number of benzene rings is 2. The van der Waals surface area contributed by atoms with Crippen LogP contribution in [0.4, 0.5) is 5.69 Å². The molecule has 2 aromatic carbocycles. The van der Waals surface area contributed by atoms with Gasteiger partial charge in [0.15, 0.2) is 0 Å². The molecule has 0 aliphatic rings. The molecule has 7 nitrogen and oxygen atoms in total. The van der Waals surface area contributed by atoms with Crippen molar-refractivity contribution in [1.82, 2.24) is 0 Å². The molecular formula is C13H10ClNO6S. The molecule has 0 spiro atoms. The van der Waals surface area contributed by atoms with E-state index in [1.165, 1.54) is 24.3 Å². The topological polar surface area (TPSA) is 113 Å². The number of hydrogen-bond donors (Lipinski definition) is 3. The van der Waals surface area contributed by atoms with E-state index in [4.69, 9.17) is 17.0 Å². The highest BCUT2D eigenvalue weighted by atomic mass is 35.5. The van der Waals surface area contributed by atoms with E-state index in [2.05, 4.69) is 9.01 Å². The second-order valence-corrected chi connectivity index (χ2v) is 6.03. The summed E-state index contributed by atoms with van der Waals surface area (Å²) in [6, 6.07) is 8.72. The number of aromatic carboxylic acids is 1. The molecule has 0 saturated heterocycles. The Kier molecular flexibility index (Phi) is 4.43. The lowest BCUT2D eigenvalue weighted by atomic mass is 10.2. The number of carboxylic acid groups (broad SMARTS) is 1. The Labute approximate surface area is 131 Å². The maximum Gasteiger partial charge on any atom is 0.339 e. The molecule has 0 atom stereocenters. The number of carboxylic acids is 1. The lowest BCUT2D eigenvalue weighted by Gasteiger charge is -2.09. The normalized spacial score (nSPS) is 11.0. The number of phenols is 1. The molecule has 2 rings (SSSR count). The van der Waals surface area contributed by atoms with Crippen molar-refractivity contribution in [3.8, 4) is 11.5 Å². The van der Waals surface area contributed by atoms with Crippen LogP contribution in [0.25, 0.3) is 0 Å². The summed E-state index contributed by atoms with van der Waals surface area (Å²) in [4.78, 5) is 10.6. The number of hydrogen-bond acceptors (Lipinski definition) is 5. The van der Waals surface area contributed by atoms with Gasteiger partial charge in [-0.15, -0.1) is 0 Å². The molecule has 116 valence electrons. The molecule has 0 bridgehead atoms. The Morgan fingerprint density at radius 1 is 1.14 bits per heavy atom. The van der Waals surface area contributed by atoms with E-state index in [0.717, 1.165) is 18.2 Å². The van der Waals surface area contributed by atoms with Crippen LogP contribution >= 0.6 is 11.9 Å². The fourth-order valence-electron chi connectivity index (χ4n) is 1.64. The van der Waals surface area contributed by atoms with Crippen LogP contribution in [0, 0.1) is 0 Å². The number of halogens is 1. The third-order valence-corrected chi connectivity index (χ3v) is 4.26. The number of carbonyl (C=O) groups is 1. The van der Waals surface area contributed by atoms with Gasteiger partial charge in [0.25, 0.3) is 10.0 Å². The van der Waals surface area contributed by atoms with Gasteiger partial charge in [-0.3, -0.25) is 4.72 Å². The van der Waals surface area contributed by atoms with Crippen LogP contribution in [0.2, 0.25) is 0 Å². The average Bonchev–Trinajstić information content (AvgIpc) is 2.47. The van der Waals surface area contributed by atoms with Crippen LogP contribution < -0.4 is 9.01 Å². The highest BCUT2D eigenvalue weighted by Crippen LogP contribution is 2.24. The average molecular weight is 344 g/mol. The first-order valence-electron chi connectivity index (χ1n) is 5.81. The maximum absolute atomic E-state index is 12.2. The van der Waals surface area contributed by atoms with Crippen LogP contribution in [0.5, 0.6) is 11.5 Å². The molecule has 3 N–H and O–H groups in total. The van der Waals surface area contributed by atoms with Crippen molar-refractivity contribution < 1.29 is 27.7 Å². The van der Waals surface area contributed by atoms with E-state index in [-0.39, 0.29) is 10.6 Å². The van der Waals surface area contributed by atoms with Crippen molar-refractivity contribution in [3.05, 3.63) is 48.0 Å². The van der Waals surface area contributed by atoms with Crippen molar-refractivity contribution in [2.45, 2.75) is 4.90 Å². The minimum Gasteiger partial charge on any atom is -0.507 e. The number of anilines is 1. The van der Waals surface area contributed by atoms with Crippen molar-refractivity contribution in [3.63, 3.8) is 0 Å². The SMILES string of the molecule is O=C(O)c1cc(S(=O)(=O)Nc2ccc(OCl)cc2)ccc1O. The molecule has 0 aliphatic carbocycles. The molecule has 0 aliphatic heterocycles. The third-order valence-electron chi connectivity index (χ3n) is 2.70. The zero-order chi connectivity index (χ0) is 16.3. The summed E-state index contributed by atoms with van der Waals surface area (Å²) in [6.45, 7) is 0. The summed E-state index contributed by atoms with van der Waals surface area (Å²) >= 11 is 5.15. The van der Waals surface area contributed by atoms with E-state index < -0.39 is 27.3 Å². The van der Waals surface area contributed by atoms with Gasteiger partial charge in [0.2, 0.25) is 0 Å². The molecular weight excluding hydrogens is 334 g/mol. The highest BCUT2D eigenvalue weighted by Gasteiger charge is 2.19. The Hall–Kier alpha value is -2.45. The van der Waals surface area contributed by atoms with Crippen molar-refractivity contribution >= 4 is 33.5 Å². The van der Waals surface area contributed by atoms with Crippen LogP contribution in [-0.2, 0) is 10.0 Å². The second kappa shape index (κ2) is 6.12. The second-order valence-electron chi connectivity index (χ2n) is 4.19. The molecule has 0 unspecified atom stereocenters. The number of sulfonamides is 1. The van der Waals surface area contributed by atoms with E-state index in [1.54, 1.807) is 0 Å². The molecule has 0 aromatic heterocycles. The van der Waals surface area contributed by atoms with Crippen LogP contribution in [0.3, 0.4) is 0 Å². The molecule has 0 amide bonds. The Bertz CT molecular complexity index is 804. The minimum absolute atomic E-state index is 0.238. The molecule has 0 fully saturated rings. The summed E-state index contributed by atoms with van der Waals surface area (Å²) in [6.07, 6.45) is 0. The van der Waals surface area contributed by atoms with Crippen LogP contribution in [0.1, 0.15) is 10.4 Å². The summed E-state index contributed by atoms with van der Waals surface area (Å²) in [7, 11) is -4.00. The fourth-order valence-corrected chi connectivity index (χ4v) is 2.83. The zero-order valence-electron chi connectivity index (χ0n) is 10.9. The van der Waals surface area contributed by atoms with Gasteiger partial charge in [-0.1, -0.05) is 0 Å². The van der Waals surface area contributed by atoms with Gasteiger partial charge in [-0.05, 0) is 42.5 Å². The standard InChI is InChI=1S/C13H10ClNO6S/c14-21-9-3-1-8(2-4-9)15-22(19,20)10-5-6-12(16)11(7-10)13(17)18/h1-7,15-16H,(H,17,18). The van der Waals surface area contributed by atoms with Gasteiger partial charge in [0.1, 0.15) is 28.9 Å². The van der Waals surface area contributed by atoms with Crippen LogP contribution in [0.15, 0.2) is 47.4 Å². The van der Waals surface area contributed by atoms with Gasteiger partial charge in [0, 0.05) is 5.69 Å². The van der Waals surface area contributed by atoms with Gasteiger partial charge >= 0.3 is 5.97 Å². The molecule has 22 heavy (non-hydrogen) atoms. The lowest BCUT2D eigenvalue weighted by molar-refractivity contribution is 0.0693.